The second-order valence-electron chi connectivity index (χ2n) is 5.97. The van der Waals surface area contributed by atoms with Gasteiger partial charge in [0.25, 0.3) is 0 Å². The van der Waals surface area contributed by atoms with Crippen LogP contribution in [0.3, 0.4) is 0 Å². The van der Waals surface area contributed by atoms with Gasteiger partial charge < -0.3 is 15.0 Å². The van der Waals surface area contributed by atoms with Gasteiger partial charge in [0, 0.05) is 45.1 Å². The molecule has 26 heavy (non-hydrogen) atoms. The van der Waals surface area contributed by atoms with E-state index < -0.39 is 0 Å². The normalized spacial score (nSPS) is 11.4. The van der Waals surface area contributed by atoms with E-state index in [4.69, 9.17) is 4.98 Å². The molecule has 0 atom stereocenters. The summed E-state index contributed by atoms with van der Waals surface area (Å²) in [5.74, 6) is 0.809. The molecule has 0 fully saturated rings. The lowest BCUT2D eigenvalue weighted by molar-refractivity contribution is 0.706. The fraction of sp³-hybridized carbons (Fsp3) is 0.389. The number of hydrogen-bond donors (Lipinski definition) is 2. The number of rotatable bonds is 6. The smallest absolute Gasteiger partial charge is 0.191 e. The van der Waals surface area contributed by atoms with Crippen LogP contribution in [-0.2, 0) is 20.0 Å². The molecule has 3 aromatic heterocycles. The van der Waals surface area contributed by atoms with E-state index in [0.29, 0.717) is 6.54 Å². The Bertz CT molecular complexity index is 865. The number of imidazole rings is 1. The number of hydrogen-bond acceptors (Lipinski definition) is 3. The molecule has 0 aromatic carbocycles. The van der Waals surface area contributed by atoms with Gasteiger partial charge in [0.15, 0.2) is 5.96 Å². The predicted molar refractivity (Wildman–Crippen MR) is 115 cm³/mol. The summed E-state index contributed by atoms with van der Waals surface area (Å²) in [5.41, 5.74) is 4.36. The molecule has 0 saturated heterocycles. The molecule has 0 radical (unpaired) electrons. The van der Waals surface area contributed by atoms with Crippen molar-refractivity contribution in [2.45, 2.75) is 26.8 Å². The number of fused-ring (bicyclic) bond motifs is 1. The van der Waals surface area contributed by atoms with Crippen molar-refractivity contribution < 1.29 is 0 Å². The molecule has 140 valence electrons. The second-order valence-corrected chi connectivity index (χ2v) is 5.97. The number of guanidine groups is 1. The third-order valence-corrected chi connectivity index (χ3v) is 4.07. The summed E-state index contributed by atoms with van der Waals surface area (Å²) >= 11 is 0. The van der Waals surface area contributed by atoms with Crippen molar-refractivity contribution in [1.29, 1.82) is 0 Å². The Kier molecular flexibility index (Phi) is 7.43. The Morgan fingerprint density at radius 3 is 2.81 bits per heavy atom. The molecule has 0 spiro atoms. The highest BCUT2D eigenvalue weighted by molar-refractivity contribution is 14.0. The molecule has 0 aliphatic heterocycles. The van der Waals surface area contributed by atoms with Crippen molar-refractivity contribution in [2.24, 2.45) is 12.0 Å². The zero-order chi connectivity index (χ0) is 17.6. The third-order valence-electron chi connectivity index (χ3n) is 4.07. The van der Waals surface area contributed by atoms with Crippen molar-refractivity contribution in [3.8, 4) is 0 Å². The first-order valence-corrected chi connectivity index (χ1v) is 8.59. The van der Waals surface area contributed by atoms with E-state index in [2.05, 4.69) is 51.2 Å². The number of nitrogens with one attached hydrogen (secondary N) is 2. The van der Waals surface area contributed by atoms with Gasteiger partial charge in [-0.15, -0.1) is 24.0 Å². The Balaban J connectivity index is 0.00000243. The van der Waals surface area contributed by atoms with Gasteiger partial charge in [0.1, 0.15) is 5.65 Å². The molecule has 3 rings (SSSR count). The topological polar surface area (TPSA) is 71.5 Å². The maximum atomic E-state index is 4.70. The lowest BCUT2D eigenvalue weighted by atomic mass is 10.3. The largest absolute Gasteiger partial charge is 0.357 e. The van der Waals surface area contributed by atoms with Crippen LogP contribution in [0.5, 0.6) is 0 Å². The fourth-order valence-corrected chi connectivity index (χ4v) is 2.69. The molecule has 0 aliphatic rings. The molecule has 0 aliphatic carbocycles. The van der Waals surface area contributed by atoms with Crippen LogP contribution in [-0.4, -0.2) is 38.2 Å². The van der Waals surface area contributed by atoms with Crippen LogP contribution in [0.25, 0.3) is 5.65 Å². The zero-order valence-corrected chi connectivity index (χ0v) is 17.8. The molecular formula is C18H26IN7. The highest BCUT2D eigenvalue weighted by Crippen LogP contribution is 2.10. The van der Waals surface area contributed by atoms with E-state index in [1.165, 1.54) is 5.56 Å². The van der Waals surface area contributed by atoms with Crippen molar-refractivity contribution in [3.63, 3.8) is 0 Å². The Morgan fingerprint density at radius 1 is 1.27 bits per heavy atom. The van der Waals surface area contributed by atoms with Crippen LogP contribution in [0.4, 0.5) is 0 Å². The van der Waals surface area contributed by atoms with Crippen molar-refractivity contribution in [2.75, 3.05) is 13.1 Å². The maximum absolute atomic E-state index is 4.70. The SMILES string of the molecule is CCNC(=NCc1ccnn1C)NCCc1cn2cccc(C)c2n1.I. The number of aryl methyl sites for hydroxylation is 2. The zero-order valence-electron chi connectivity index (χ0n) is 15.4. The molecule has 0 saturated carbocycles. The minimum absolute atomic E-state index is 0. The Hall–Kier alpha value is -2.10. The molecule has 3 aromatic rings. The number of halogens is 1. The van der Waals surface area contributed by atoms with E-state index in [0.717, 1.165) is 42.5 Å². The second kappa shape index (κ2) is 9.56. The minimum Gasteiger partial charge on any atom is -0.357 e. The highest BCUT2D eigenvalue weighted by atomic mass is 127. The van der Waals surface area contributed by atoms with Gasteiger partial charge in [-0.25, -0.2) is 9.98 Å². The highest BCUT2D eigenvalue weighted by Gasteiger charge is 2.05. The summed E-state index contributed by atoms with van der Waals surface area (Å²) in [4.78, 5) is 9.32. The molecule has 0 amide bonds. The van der Waals surface area contributed by atoms with E-state index in [9.17, 15) is 0 Å². The van der Waals surface area contributed by atoms with Crippen LogP contribution in [0.15, 0.2) is 41.8 Å². The van der Waals surface area contributed by atoms with Crippen LogP contribution in [0, 0.1) is 6.92 Å². The van der Waals surface area contributed by atoms with Gasteiger partial charge >= 0.3 is 0 Å². The number of aliphatic imine (C=N–C) groups is 1. The van der Waals surface area contributed by atoms with Gasteiger partial charge in [0.2, 0.25) is 0 Å². The monoisotopic (exact) mass is 467 g/mol. The lowest BCUT2D eigenvalue weighted by Gasteiger charge is -2.10. The summed E-state index contributed by atoms with van der Waals surface area (Å²) in [6, 6.07) is 6.10. The predicted octanol–water partition coefficient (Wildman–Crippen LogP) is 2.29. The van der Waals surface area contributed by atoms with Crippen LogP contribution in [0.2, 0.25) is 0 Å². The van der Waals surface area contributed by atoms with Crippen LogP contribution >= 0.6 is 24.0 Å². The summed E-state index contributed by atoms with van der Waals surface area (Å²) in [6.45, 7) is 6.34. The van der Waals surface area contributed by atoms with Crippen molar-refractivity contribution in [3.05, 3.63) is 53.7 Å². The molecule has 0 unspecified atom stereocenters. The van der Waals surface area contributed by atoms with Gasteiger partial charge in [-0.2, -0.15) is 5.10 Å². The van der Waals surface area contributed by atoms with Gasteiger partial charge in [0.05, 0.1) is 17.9 Å². The molecule has 7 nitrogen and oxygen atoms in total. The van der Waals surface area contributed by atoms with E-state index >= 15 is 0 Å². The maximum Gasteiger partial charge on any atom is 0.191 e. The van der Waals surface area contributed by atoms with Crippen LogP contribution < -0.4 is 10.6 Å². The van der Waals surface area contributed by atoms with Crippen molar-refractivity contribution >= 4 is 35.6 Å². The first-order chi connectivity index (χ1) is 12.2. The first kappa shape index (κ1) is 20.2. The molecule has 3 heterocycles. The Morgan fingerprint density at radius 2 is 2.12 bits per heavy atom. The summed E-state index contributed by atoms with van der Waals surface area (Å²) in [5, 5.41) is 10.8. The third kappa shape index (κ3) is 4.96. The molecule has 2 N–H and O–H groups in total. The molecular weight excluding hydrogens is 441 g/mol. The van der Waals surface area contributed by atoms with Gasteiger partial charge in [-0.05, 0) is 31.5 Å². The quantitative estimate of drug-likeness (QED) is 0.332. The Labute approximate surface area is 170 Å². The van der Waals surface area contributed by atoms with Gasteiger partial charge in [-0.3, -0.25) is 4.68 Å². The van der Waals surface area contributed by atoms with Crippen LogP contribution in [0.1, 0.15) is 23.9 Å². The lowest BCUT2D eigenvalue weighted by Crippen LogP contribution is -2.38. The number of pyridine rings is 1. The summed E-state index contributed by atoms with van der Waals surface area (Å²) in [6.07, 6.45) is 6.75. The molecule has 8 heteroatoms. The fourth-order valence-electron chi connectivity index (χ4n) is 2.69. The number of aromatic nitrogens is 4. The summed E-state index contributed by atoms with van der Waals surface area (Å²) in [7, 11) is 1.93. The van der Waals surface area contributed by atoms with Gasteiger partial charge in [-0.1, -0.05) is 6.07 Å². The first-order valence-electron chi connectivity index (χ1n) is 8.59. The van der Waals surface area contributed by atoms with E-state index in [-0.39, 0.29) is 24.0 Å². The minimum atomic E-state index is 0. The average molecular weight is 467 g/mol. The standard InChI is InChI=1S/C18H25N7.HI/c1-4-19-18(21-12-16-8-10-22-24(16)3)20-9-7-15-13-25-11-5-6-14(2)17(25)23-15;/h5-6,8,10-11,13H,4,7,9,12H2,1-3H3,(H2,19,20,21);1H. The number of nitrogens with zero attached hydrogens (tertiary/aromatic N) is 5. The average Bonchev–Trinajstić information content (AvgIpc) is 3.19. The van der Waals surface area contributed by atoms with Crippen molar-refractivity contribution in [1.82, 2.24) is 29.8 Å². The van der Waals surface area contributed by atoms with E-state index in [1.807, 2.05) is 30.1 Å². The van der Waals surface area contributed by atoms with E-state index in [1.54, 1.807) is 6.20 Å². The summed E-state index contributed by atoms with van der Waals surface area (Å²) < 4.78 is 3.92. The molecule has 0 bridgehead atoms.